The van der Waals surface area contributed by atoms with Crippen molar-refractivity contribution in [3.05, 3.63) is 71.7 Å². The van der Waals surface area contributed by atoms with E-state index in [1.54, 1.807) is 6.07 Å². The predicted octanol–water partition coefficient (Wildman–Crippen LogP) is 3.92. The summed E-state index contributed by atoms with van der Waals surface area (Å²) in [4.78, 5) is 20.4. The molecule has 0 aliphatic heterocycles. The van der Waals surface area contributed by atoms with Crippen molar-refractivity contribution >= 4 is 17.4 Å². The number of carbonyl (C=O) groups is 1. The average molecular weight is 418 g/mol. The van der Waals surface area contributed by atoms with Crippen molar-refractivity contribution in [1.29, 1.82) is 0 Å². The van der Waals surface area contributed by atoms with Gasteiger partial charge >= 0.3 is 6.18 Å². The number of alkyl halides is 3. The number of nitrogens with two attached hydrogens (primary N) is 1. The predicted molar refractivity (Wildman–Crippen MR) is 103 cm³/mol. The zero-order valence-corrected chi connectivity index (χ0v) is 15.7. The van der Waals surface area contributed by atoms with Crippen LogP contribution in [0.2, 0.25) is 0 Å². The molecule has 1 heterocycles. The fourth-order valence-corrected chi connectivity index (χ4v) is 2.48. The van der Waals surface area contributed by atoms with Crippen molar-refractivity contribution in [2.75, 3.05) is 18.2 Å². The Labute approximate surface area is 169 Å². The lowest BCUT2D eigenvalue weighted by molar-refractivity contribution is -0.137. The van der Waals surface area contributed by atoms with Gasteiger partial charge in [0.25, 0.3) is 5.91 Å². The van der Waals surface area contributed by atoms with E-state index in [2.05, 4.69) is 15.3 Å². The molecule has 1 aromatic heterocycles. The zero-order valence-electron chi connectivity index (χ0n) is 15.7. The highest BCUT2D eigenvalue weighted by Gasteiger charge is 2.30. The number of carbonyl (C=O) groups excluding carboxylic acids is 1. The third-order valence-corrected chi connectivity index (χ3v) is 3.94. The summed E-state index contributed by atoms with van der Waals surface area (Å²) in [6.07, 6.45) is -1.69. The molecule has 0 aliphatic carbocycles. The quantitative estimate of drug-likeness (QED) is 0.630. The summed E-state index contributed by atoms with van der Waals surface area (Å²) in [6, 6.07) is 8.76. The van der Waals surface area contributed by atoms with Gasteiger partial charge in [-0.2, -0.15) is 13.2 Å². The fraction of sp³-hybridized carbons (Fsp3) is 0.150. The molecular weight excluding hydrogens is 401 g/mol. The Kier molecular flexibility index (Phi) is 6.05. The minimum absolute atomic E-state index is 0.0848. The fourth-order valence-electron chi connectivity index (χ4n) is 2.48. The van der Waals surface area contributed by atoms with Crippen LogP contribution in [0.3, 0.4) is 0 Å². The SMILES string of the molecule is COc1cc(NC(=O)c2cccc(C(F)(F)F)c2)cc(OCc2cnc(N)cn2)c1. The van der Waals surface area contributed by atoms with E-state index in [-0.39, 0.29) is 23.7 Å². The van der Waals surface area contributed by atoms with Gasteiger partial charge in [0.15, 0.2) is 0 Å². The molecule has 2 aromatic carbocycles. The molecule has 3 aromatic rings. The Balaban J connectivity index is 1.76. The summed E-state index contributed by atoms with van der Waals surface area (Å²) in [5.74, 6) is 0.312. The number of rotatable bonds is 6. The van der Waals surface area contributed by atoms with Gasteiger partial charge in [0.05, 0.1) is 30.8 Å². The lowest BCUT2D eigenvalue weighted by Crippen LogP contribution is -2.14. The summed E-state index contributed by atoms with van der Waals surface area (Å²) in [7, 11) is 1.43. The second kappa shape index (κ2) is 8.68. The lowest BCUT2D eigenvalue weighted by Gasteiger charge is -2.12. The summed E-state index contributed by atoms with van der Waals surface area (Å²) in [6.45, 7) is 0.0848. The van der Waals surface area contributed by atoms with Crippen molar-refractivity contribution in [3.63, 3.8) is 0 Å². The van der Waals surface area contributed by atoms with E-state index in [9.17, 15) is 18.0 Å². The number of ether oxygens (including phenoxy) is 2. The molecule has 0 bridgehead atoms. The summed E-state index contributed by atoms with van der Waals surface area (Å²) in [5.41, 5.74) is 5.26. The Morgan fingerprint density at radius 2 is 1.87 bits per heavy atom. The van der Waals surface area contributed by atoms with Gasteiger partial charge < -0.3 is 20.5 Å². The van der Waals surface area contributed by atoms with Crippen LogP contribution in [-0.2, 0) is 12.8 Å². The normalized spacial score (nSPS) is 11.1. The van der Waals surface area contributed by atoms with Crippen LogP contribution in [-0.4, -0.2) is 23.0 Å². The number of halogens is 3. The summed E-state index contributed by atoms with van der Waals surface area (Å²) in [5, 5.41) is 2.55. The Morgan fingerprint density at radius 1 is 1.10 bits per heavy atom. The van der Waals surface area contributed by atoms with E-state index < -0.39 is 17.6 Å². The van der Waals surface area contributed by atoms with Crippen molar-refractivity contribution in [3.8, 4) is 11.5 Å². The number of hydrogen-bond donors (Lipinski definition) is 2. The van der Waals surface area contributed by atoms with Crippen LogP contribution in [0.1, 0.15) is 21.6 Å². The number of benzene rings is 2. The first-order valence-corrected chi connectivity index (χ1v) is 8.61. The molecule has 7 nitrogen and oxygen atoms in total. The first-order valence-electron chi connectivity index (χ1n) is 8.61. The maximum atomic E-state index is 12.9. The minimum Gasteiger partial charge on any atom is -0.497 e. The number of aromatic nitrogens is 2. The number of nitrogen functional groups attached to an aromatic ring is 1. The van der Waals surface area contributed by atoms with Crippen LogP contribution in [0.4, 0.5) is 24.7 Å². The van der Waals surface area contributed by atoms with E-state index in [1.807, 2.05) is 0 Å². The molecule has 30 heavy (non-hydrogen) atoms. The largest absolute Gasteiger partial charge is 0.497 e. The molecule has 0 atom stereocenters. The van der Waals surface area contributed by atoms with Crippen LogP contribution in [0.5, 0.6) is 11.5 Å². The van der Waals surface area contributed by atoms with Gasteiger partial charge in [-0.25, -0.2) is 4.98 Å². The monoisotopic (exact) mass is 418 g/mol. The molecule has 10 heteroatoms. The van der Waals surface area contributed by atoms with Crippen molar-refractivity contribution in [2.24, 2.45) is 0 Å². The molecule has 0 saturated heterocycles. The first-order chi connectivity index (χ1) is 14.2. The van der Waals surface area contributed by atoms with E-state index in [0.717, 1.165) is 12.1 Å². The number of nitrogens with one attached hydrogen (secondary N) is 1. The van der Waals surface area contributed by atoms with Gasteiger partial charge in [0.2, 0.25) is 0 Å². The highest BCUT2D eigenvalue weighted by atomic mass is 19.4. The molecule has 0 unspecified atom stereocenters. The van der Waals surface area contributed by atoms with Gasteiger partial charge in [-0.05, 0) is 18.2 Å². The van der Waals surface area contributed by atoms with Gasteiger partial charge in [-0.15, -0.1) is 0 Å². The molecule has 1 amide bonds. The molecule has 0 saturated carbocycles. The van der Waals surface area contributed by atoms with Crippen LogP contribution >= 0.6 is 0 Å². The molecule has 0 fully saturated rings. The zero-order chi connectivity index (χ0) is 21.7. The van der Waals surface area contributed by atoms with Gasteiger partial charge in [0.1, 0.15) is 23.9 Å². The van der Waals surface area contributed by atoms with Crippen molar-refractivity contribution < 1.29 is 27.4 Å². The minimum atomic E-state index is -4.54. The van der Waals surface area contributed by atoms with Gasteiger partial charge in [-0.3, -0.25) is 9.78 Å². The Hall–Kier alpha value is -3.82. The molecule has 0 aliphatic rings. The molecule has 3 rings (SSSR count). The third kappa shape index (κ3) is 5.37. The third-order valence-electron chi connectivity index (χ3n) is 3.94. The standard InChI is InChI=1S/C20H17F3N4O3/c1-29-16-6-14(7-17(8-16)30-11-15-9-26-18(24)10-25-15)27-19(28)12-3-2-4-13(5-12)20(21,22)23/h2-10H,11H2,1H3,(H2,24,26)(H,27,28). The van der Waals surface area contributed by atoms with E-state index in [0.29, 0.717) is 17.2 Å². The summed E-state index contributed by atoms with van der Waals surface area (Å²) >= 11 is 0. The Morgan fingerprint density at radius 3 is 2.53 bits per heavy atom. The van der Waals surface area contributed by atoms with E-state index >= 15 is 0 Å². The highest BCUT2D eigenvalue weighted by molar-refractivity contribution is 6.04. The highest BCUT2D eigenvalue weighted by Crippen LogP contribution is 2.30. The number of anilines is 2. The molecular formula is C20H17F3N4O3. The van der Waals surface area contributed by atoms with Crippen LogP contribution in [0.15, 0.2) is 54.9 Å². The van der Waals surface area contributed by atoms with Crippen molar-refractivity contribution in [2.45, 2.75) is 12.8 Å². The summed E-state index contributed by atoms with van der Waals surface area (Å²) < 4.78 is 49.5. The van der Waals surface area contributed by atoms with Crippen LogP contribution in [0, 0.1) is 0 Å². The number of nitrogens with zero attached hydrogens (tertiary/aromatic N) is 2. The van der Waals surface area contributed by atoms with E-state index in [4.69, 9.17) is 15.2 Å². The molecule has 3 N–H and O–H groups in total. The first kappa shape index (κ1) is 20.9. The number of methoxy groups -OCH3 is 1. The second-order valence-corrected chi connectivity index (χ2v) is 6.15. The number of hydrogen-bond acceptors (Lipinski definition) is 6. The topological polar surface area (TPSA) is 99.4 Å². The average Bonchev–Trinajstić information content (AvgIpc) is 2.72. The Bertz CT molecular complexity index is 1040. The molecule has 156 valence electrons. The molecule has 0 radical (unpaired) electrons. The van der Waals surface area contributed by atoms with Gasteiger partial charge in [-0.1, -0.05) is 6.07 Å². The lowest BCUT2D eigenvalue weighted by atomic mass is 10.1. The van der Waals surface area contributed by atoms with Crippen LogP contribution < -0.4 is 20.5 Å². The smallest absolute Gasteiger partial charge is 0.416 e. The van der Waals surface area contributed by atoms with Crippen molar-refractivity contribution in [1.82, 2.24) is 9.97 Å². The number of amides is 1. The van der Waals surface area contributed by atoms with Gasteiger partial charge in [0, 0.05) is 29.4 Å². The van der Waals surface area contributed by atoms with Crippen LogP contribution in [0.25, 0.3) is 0 Å². The molecule has 0 spiro atoms. The second-order valence-electron chi connectivity index (χ2n) is 6.15. The van der Waals surface area contributed by atoms with E-state index in [1.165, 1.54) is 43.8 Å². The maximum absolute atomic E-state index is 12.9. The maximum Gasteiger partial charge on any atom is 0.416 e.